The third-order valence-electron chi connectivity index (χ3n) is 12.3. The maximum Gasteiger partial charge on any atom is 0.294 e. The number of amides is 1. The number of halogens is 1. The Morgan fingerprint density at radius 1 is 1.03 bits per heavy atom. The van der Waals surface area contributed by atoms with E-state index in [-0.39, 0.29) is 23.6 Å². The number of pyridine rings is 1. The topological polar surface area (TPSA) is 178 Å². The molecule has 2 aromatic heterocycles. The van der Waals surface area contributed by atoms with Crippen LogP contribution in [0, 0.1) is 15.5 Å². The molecule has 1 saturated carbocycles. The van der Waals surface area contributed by atoms with Crippen molar-refractivity contribution in [1.29, 1.82) is 0 Å². The van der Waals surface area contributed by atoms with Crippen molar-refractivity contribution in [2.24, 2.45) is 5.41 Å². The van der Waals surface area contributed by atoms with Gasteiger partial charge < -0.3 is 24.5 Å². The summed E-state index contributed by atoms with van der Waals surface area (Å²) >= 11 is 6.27. The summed E-state index contributed by atoms with van der Waals surface area (Å²) < 4.78 is 46.5. The molecule has 5 aromatic rings. The molecule has 3 aromatic carbocycles. The van der Waals surface area contributed by atoms with Gasteiger partial charge in [-0.15, -0.1) is 0 Å². The van der Waals surface area contributed by atoms with Crippen molar-refractivity contribution in [2.75, 3.05) is 44.8 Å². The van der Waals surface area contributed by atoms with E-state index in [2.05, 4.69) is 43.1 Å². The van der Waals surface area contributed by atoms with Crippen LogP contribution in [0.3, 0.4) is 0 Å². The van der Waals surface area contributed by atoms with Crippen molar-refractivity contribution >= 4 is 61.1 Å². The van der Waals surface area contributed by atoms with E-state index >= 15 is 0 Å². The molecule has 2 aliphatic carbocycles. The Morgan fingerprint density at radius 2 is 1.87 bits per heavy atom. The van der Waals surface area contributed by atoms with E-state index < -0.39 is 31.4 Å². The molecule has 9 rings (SSSR count). The van der Waals surface area contributed by atoms with Gasteiger partial charge in [-0.05, 0) is 115 Å². The largest absolute Gasteiger partial charge is 0.492 e. The number of H-pyrrole nitrogens is 1. The number of nitro groups is 1. The Labute approximate surface area is 363 Å². The maximum absolute atomic E-state index is 13.9. The molecule has 16 heteroatoms. The van der Waals surface area contributed by atoms with Crippen molar-refractivity contribution in [3.63, 3.8) is 0 Å². The van der Waals surface area contributed by atoms with Crippen LogP contribution in [-0.4, -0.2) is 73.6 Å². The molecule has 4 heterocycles. The van der Waals surface area contributed by atoms with Crippen LogP contribution in [0.25, 0.3) is 22.2 Å². The van der Waals surface area contributed by atoms with E-state index in [1.54, 1.807) is 24.4 Å². The lowest BCUT2D eigenvalue weighted by Crippen LogP contribution is -2.36. The number of sulfonamides is 1. The first-order chi connectivity index (χ1) is 30.0. The first-order valence-electron chi connectivity index (χ1n) is 20.7. The van der Waals surface area contributed by atoms with Crippen LogP contribution in [0.5, 0.6) is 11.5 Å². The number of nitrogens with zero attached hydrogens (tertiary/aromatic N) is 3. The van der Waals surface area contributed by atoms with Crippen LogP contribution in [0.4, 0.5) is 11.4 Å². The molecule has 2 aliphatic heterocycles. The number of aromatic nitrogens is 2. The van der Waals surface area contributed by atoms with Gasteiger partial charge in [0.2, 0.25) is 0 Å². The first-order valence-corrected chi connectivity index (χ1v) is 22.5. The summed E-state index contributed by atoms with van der Waals surface area (Å²) in [5, 5.41) is 16.3. The fourth-order valence-electron chi connectivity index (χ4n) is 8.75. The number of aromatic amines is 1. The summed E-state index contributed by atoms with van der Waals surface area (Å²) in [4.78, 5) is 34.7. The number of allylic oxidation sites excluding steroid dienone is 1. The Morgan fingerprint density at radius 3 is 2.61 bits per heavy atom. The van der Waals surface area contributed by atoms with E-state index in [4.69, 9.17) is 25.8 Å². The Kier molecular flexibility index (Phi) is 11.6. The van der Waals surface area contributed by atoms with Crippen LogP contribution in [0.1, 0.15) is 66.4 Å². The minimum absolute atomic E-state index is 0.0250. The summed E-state index contributed by atoms with van der Waals surface area (Å²) in [6.07, 6.45) is 15.0. The number of benzene rings is 3. The Balaban J connectivity index is 0.956. The summed E-state index contributed by atoms with van der Waals surface area (Å²) in [5.74, 6) is -0.0827. The molecule has 4 aliphatic rings. The minimum Gasteiger partial charge on any atom is -0.492 e. The molecule has 0 radical (unpaired) electrons. The normalized spacial score (nSPS) is 18.5. The fourth-order valence-corrected chi connectivity index (χ4v) is 9.86. The SMILES string of the molecule is O=C(NS(=O)(=O)c1ccc(N/C=C2\COCCO2)c([N+](=O)[O-])c1)c1ccc(C2=CCN(CC3=C(c4ccc(Cl)cc4)CC4(CCC4)CC3)CC2)cc1Oc1cnc2[nH]ccc2c1. The first kappa shape index (κ1) is 41.4. The summed E-state index contributed by atoms with van der Waals surface area (Å²) in [5.41, 5.74) is 6.68. The lowest BCUT2D eigenvalue weighted by molar-refractivity contribution is -0.384. The molecule has 62 heavy (non-hydrogen) atoms. The minimum atomic E-state index is -4.59. The summed E-state index contributed by atoms with van der Waals surface area (Å²) in [6.45, 7) is 3.41. The predicted molar refractivity (Wildman–Crippen MR) is 236 cm³/mol. The van der Waals surface area contributed by atoms with Gasteiger partial charge in [0.1, 0.15) is 41.8 Å². The quantitative estimate of drug-likeness (QED) is 0.0804. The number of carbonyl (C=O) groups is 1. The van der Waals surface area contributed by atoms with Crippen LogP contribution in [0.15, 0.2) is 114 Å². The molecule has 0 unspecified atom stereocenters. The molecule has 3 N–H and O–H groups in total. The Hall–Kier alpha value is -6.00. The number of fused-ring (bicyclic) bond motifs is 1. The third kappa shape index (κ3) is 8.98. The summed E-state index contributed by atoms with van der Waals surface area (Å²) in [7, 11) is -4.59. The van der Waals surface area contributed by atoms with Crippen LogP contribution in [0.2, 0.25) is 5.02 Å². The van der Waals surface area contributed by atoms with Crippen molar-refractivity contribution in [2.45, 2.75) is 49.8 Å². The van der Waals surface area contributed by atoms with Crippen molar-refractivity contribution in [3.8, 4) is 11.5 Å². The van der Waals surface area contributed by atoms with Crippen molar-refractivity contribution in [1.82, 2.24) is 19.6 Å². The standard InChI is InChI=1S/C46H45ClN6O8S/c47-35-5-2-31(3-6-35)40-25-46(14-1-15-46)16-10-34(40)28-52-18-12-30(13-19-52)32-4-8-39(43(23-32)61-36-22-33-11-17-48-44(33)50-26-36)45(54)51-62(57,58)38-7-9-41(42(24-38)53(55)56)49-27-37-29-59-20-21-60-37/h2-9,11-12,17,22-24,26-27,49H,1,10,13-16,18-21,25,28-29H2,(H,48,50)(H,51,54)/b37-27+. The molecule has 14 nitrogen and oxygen atoms in total. The molecule has 320 valence electrons. The van der Waals surface area contributed by atoms with Gasteiger partial charge in [-0.1, -0.05) is 47.9 Å². The predicted octanol–water partition coefficient (Wildman–Crippen LogP) is 9.23. The third-order valence-corrected chi connectivity index (χ3v) is 13.9. The number of nitrogens with one attached hydrogen (secondary N) is 3. The van der Waals surface area contributed by atoms with E-state index in [0.29, 0.717) is 35.8 Å². The average molecular weight is 877 g/mol. The highest BCUT2D eigenvalue weighted by Crippen LogP contribution is 2.55. The second-order valence-electron chi connectivity index (χ2n) is 16.3. The van der Waals surface area contributed by atoms with Crippen molar-refractivity contribution < 1.29 is 32.3 Å². The highest BCUT2D eigenvalue weighted by Gasteiger charge is 2.41. The number of hydrogen-bond acceptors (Lipinski definition) is 11. The van der Waals surface area contributed by atoms with Crippen molar-refractivity contribution in [3.05, 3.63) is 141 Å². The van der Waals surface area contributed by atoms with Crippen LogP contribution < -0.4 is 14.8 Å². The highest BCUT2D eigenvalue weighted by molar-refractivity contribution is 7.90. The molecule has 2 fully saturated rings. The zero-order valence-corrected chi connectivity index (χ0v) is 35.4. The van der Waals surface area contributed by atoms with Gasteiger partial charge in [-0.3, -0.25) is 19.8 Å². The molecular formula is C46H45ClN6O8S. The van der Waals surface area contributed by atoms with Gasteiger partial charge in [-0.25, -0.2) is 18.1 Å². The van der Waals surface area contributed by atoms with Gasteiger partial charge >= 0.3 is 0 Å². The van der Waals surface area contributed by atoms with E-state index in [1.165, 1.54) is 73.0 Å². The number of ether oxygens (including phenoxy) is 3. The fraction of sp³-hybridized carbons (Fsp3) is 0.304. The Bertz CT molecular complexity index is 2750. The van der Waals surface area contributed by atoms with Crippen LogP contribution in [-0.2, 0) is 19.5 Å². The van der Waals surface area contributed by atoms with Gasteiger partial charge in [0.05, 0.1) is 28.2 Å². The van der Waals surface area contributed by atoms with E-state index in [0.717, 1.165) is 66.5 Å². The molecule has 1 saturated heterocycles. The second kappa shape index (κ2) is 17.4. The lowest BCUT2D eigenvalue weighted by Gasteiger charge is -2.47. The number of rotatable bonds is 12. The van der Waals surface area contributed by atoms with Gasteiger partial charge in [-0.2, -0.15) is 0 Å². The molecule has 0 bridgehead atoms. The number of anilines is 1. The molecule has 1 amide bonds. The summed E-state index contributed by atoms with van der Waals surface area (Å²) in [6, 6.07) is 20.2. The van der Waals surface area contributed by atoms with Crippen LogP contribution >= 0.6 is 11.6 Å². The highest BCUT2D eigenvalue weighted by atomic mass is 35.5. The lowest BCUT2D eigenvalue weighted by atomic mass is 9.59. The maximum atomic E-state index is 13.9. The number of nitro benzene ring substituents is 1. The van der Waals surface area contributed by atoms with Gasteiger partial charge in [0, 0.05) is 48.5 Å². The molecule has 0 atom stereocenters. The zero-order valence-electron chi connectivity index (χ0n) is 33.8. The zero-order chi connectivity index (χ0) is 42.8. The average Bonchev–Trinajstić information content (AvgIpc) is 3.74. The second-order valence-corrected chi connectivity index (χ2v) is 18.4. The van der Waals surface area contributed by atoms with E-state index in [9.17, 15) is 23.3 Å². The molecular weight excluding hydrogens is 832 g/mol. The van der Waals surface area contributed by atoms with Gasteiger partial charge in [0.25, 0.3) is 21.6 Å². The molecule has 1 spiro atoms. The number of carbonyl (C=O) groups excluding carboxylic acids is 1. The van der Waals surface area contributed by atoms with E-state index in [1.807, 2.05) is 18.2 Å². The number of hydrogen-bond donors (Lipinski definition) is 3. The monoisotopic (exact) mass is 876 g/mol. The van der Waals surface area contributed by atoms with Gasteiger partial charge in [0.15, 0.2) is 0 Å². The smallest absolute Gasteiger partial charge is 0.294 e.